The second-order valence-electron chi connectivity index (χ2n) is 6.05. The SMILES string of the molecule is O=C(O)c1cc2ccc(C3=CCOCC3)nc2n1CC1CC1. The number of aromatic carboxylic acids is 1. The fourth-order valence-electron chi connectivity index (χ4n) is 2.99. The second kappa shape index (κ2) is 5.25. The van der Waals surface area contributed by atoms with Gasteiger partial charge >= 0.3 is 5.97 Å². The van der Waals surface area contributed by atoms with E-state index < -0.39 is 5.97 Å². The Morgan fingerprint density at radius 1 is 1.41 bits per heavy atom. The Morgan fingerprint density at radius 2 is 2.27 bits per heavy atom. The highest BCUT2D eigenvalue weighted by Gasteiger charge is 2.26. The van der Waals surface area contributed by atoms with Gasteiger partial charge in [-0.05, 0) is 49.0 Å². The summed E-state index contributed by atoms with van der Waals surface area (Å²) in [4.78, 5) is 16.3. The summed E-state index contributed by atoms with van der Waals surface area (Å²) in [6, 6.07) is 5.69. The lowest BCUT2D eigenvalue weighted by Gasteiger charge is -2.13. The monoisotopic (exact) mass is 298 g/mol. The van der Waals surface area contributed by atoms with Crippen LogP contribution in [0.1, 0.15) is 35.4 Å². The molecule has 0 amide bonds. The van der Waals surface area contributed by atoms with Gasteiger partial charge in [-0.1, -0.05) is 6.08 Å². The van der Waals surface area contributed by atoms with Gasteiger partial charge in [0.1, 0.15) is 11.3 Å². The Labute approximate surface area is 128 Å². The van der Waals surface area contributed by atoms with Gasteiger partial charge in [-0.2, -0.15) is 0 Å². The number of carbonyl (C=O) groups is 1. The Bertz CT molecular complexity index is 772. The zero-order valence-electron chi connectivity index (χ0n) is 12.3. The predicted octanol–water partition coefficient (Wildman–Crippen LogP) is 2.95. The van der Waals surface area contributed by atoms with Gasteiger partial charge in [0, 0.05) is 11.9 Å². The van der Waals surface area contributed by atoms with Crippen LogP contribution in [0.5, 0.6) is 0 Å². The maximum absolute atomic E-state index is 11.5. The topological polar surface area (TPSA) is 64.3 Å². The third kappa shape index (κ3) is 2.41. The first-order valence-electron chi connectivity index (χ1n) is 7.73. The molecule has 4 rings (SSSR count). The van der Waals surface area contributed by atoms with Crippen molar-refractivity contribution < 1.29 is 14.6 Å². The Morgan fingerprint density at radius 3 is 2.95 bits per heavy atom. The molecule has 0 bridgehead atoms. The van der Waals surface area contributed by atoms with Gasteiger partial charge < -0.3 is 14.4 Å². The molecule has 3 heterocycles. The molecule has 5 nitrogen and oxygen atoms in total. The van der Waals surface area contributed by atoms with E-state index in [9.17, 15) is 9.90 Å². The van der Waals surface area contributed by atoms with Crippen LogP contribution in [-0.2, 0) is 11.3 Å². The molecule has 0 saturated heterocycles. The smallest absolute Gasteiger partial charge is 0.352 e. The van der Waals surface area contributed by atoms with Crippen molar-refractivity contribution >= 4 is 22.6 Å². The third-order valence-corrected chi connectivity index (χ3v) is 4.39. The number of rotatable bonds is 4. The van der Waals surface area contributed by atoms with E-state index in [-0.39, 0.29) is 0 Å². The van der Waals surface area contributed by atoms with Crippen molar-refractivity contribution in [3.63, 3.8) is 0 Å². The molecule has 1 aliphatic heterocycles. The lowest BCUT2D eigenvalue weighted by atomic mass is 10.1. The van der Waals surface area contributed by atoms with E-state index in [4.69, 9.17) is 9.72 Å². The van der Waals surface area contributed by atoms with E-state index in [1.165, 1.54) is 18.4 Å². The van der Waals surface area contributed by atoms with Gasteiger partial charge in [-0.3, -0.25) is 0 Å². The van der Waals surface area contributed by atoms with Crippen molar-refractivity contribution in [3.8, 4) is 0 Å². The summed E-state index contributed by atoms with van der Waals surface area (Å²) in [5, 5.41) is 10.3. The highest BCUT2D eigenvalue weighted by Crippen LogP contribution is 2.33. The maximum Gasteiger partial charge on any atom is 0.352 e. The molecule has 0 aromatic carbocycles. The van der Waals surface area contributed by atoms with E-state index >= 15 is 0 Å². The molecule has 114 valence electrons. The van der Waals surface area contributed by atoms with Gasteiger partial charge in [0.25, 0.3) is 0 Å². The van der Waals surface area contributed by atoms with Crippen molar-refractivity contribution in [3.05, 3.63) is 35.7 Å². The first kappa shape index (κ1) is 13.5. The molecule has 5 heteroatoms. The molecule has 1 aliphatic carbocycles. The summed E-state index contributed by atoms with van der Waals surface area (Å²) >= 11 is 0. The third-order valence-electron chi connectivity index (χ3n) is 4.39. The zero-order valence-corrected chi connectivity index (χ0v) is 12.3. The number of carboxylic acid groups (broad SMARTS) is 1. The largest absolute Gasteiger partial charge is 0.477 e. The predicted molar refractivity (Wildman–Crippen MR) is 82.8 cm³/mol. The summed E-state index contributed by atoms with van der Waals surface area (Å²) in [5.74, 6) is -0.285. The average Bonchev–Trinajstić information content (AvgIpc) is 3.28. The van der Waals surface area contributed by atoms with E-state index in [1.807, 2.05) is 16.7 Å². The lowest BCUT2D eigenvalue weighted by molar-refractivity contribution is 0.0685. The van der Waals surface area contributed by atoms with Gasteiger partial charge in [-0.25, -0.2) is 9.78 Å². The van der Waals surface area contributed by atoms with Gasteiger partial charge in [0.15, 0.2) is 0 Å². The number of pyridine rings is 1. The molecular weight excluding hydrogens is 280 g/mol. The van der Waals surface area contributed by atoms with Crippen molar-refractivity contribution in [1.82, 2.24) is 9.55 Å². The van der Waals surface area contributed by atoms with Crippen molar-refractivity contribution in [1.29, 1.82) is 0 Å². The minimum Gasteiger partial charge on any atom is -0.477 e. The summed E-state index contributed by atoms with van der Waals surface area (Å²) in [5.41, 5.74) is 3.24. The average molecular weight is 298 g/mol. The molecule has 0 unspecified atom stereocenters. The van der Waals surface area contributed by atoms with Crippen LogP contribution in [0, 0.1) is 5.92 Å². The highest BCUT2D eigenvalue weighted by atomic mass is 16.5. The van der Waals surface area contributed by atoms with Crippen LogP contribution in [0.4, 0.5) is 0 Å². The fourth-order valence-corrected chi connectivity index (χ4v) is 2.99. The van der Waals surface area contributed by atoms with E-state index in [0.717, 1.165) is 36.3 Å². The molecule has 1 fully saturated rings. The minimum absolute atomic E-state index is 0.340. The summed E-state index contributed by atoms with van der Waals surface area (Å²) in [6.45, 7) is 2.09. The van der Waals surface area contributed by atoms with E-state index in [2.05, 4.69) is 6.08 Å². The first-order valence-corrected chi connectivity index (χ1v) is 7.73. The zero-order chi connectivity index (χ0) is 15.1. The van der Waals surface area contributed by atoms with E-state index in [0.29, 0.717) is 18.2 Å². The minimum atomic E-state index is -0.884. The van der Waals surface area contributed by atoms with Crippen LogP contribution >= 0.6 is 0 Å². The quantitative estimate of drug-likeness (QED) is 0.942. The van der Waals surface area contributed by atoms with Crippen LogP contribution in [-0.4, -0.2) is 33.8 Å². The van der Waals surface area contributed by atoms with Crippen LogP contribution in [0.3, 0.4) is 0 Å². The first-order chi connectivity index (χ1) is 10.7. The van der Waals surface area contributed by atoms with Crippen LogP contribution in [0.15, 0.2) is 24.3 Å². The number of carboxylic acids is 1. The Hall–Kier alpha value is -2.14. The number of hydrogen-bond acceptors (Lipinski definition) is 3. The van der Waals surface area contributed by atoms with Crippen molar-refractivity contribution in [2.24, 2.45) is 5.92 Å². The molecular formula is C17H18N2O3. The number of hydrogen-bond donors (Lipinski definition) is 1. The molecule has 2 aromatic rings. The molecule has 2 aromatic heterocycles. The summed E-state index contributed by atoms with van der Waals surface area (Å²) < 4.78 is 7.22. The van der Waals surface area contributed by atoms with Gasteiger partial charge in [0.2, 0.25) is 0 Å². The fraction of sp³-hybridized carbons (Fsp3) is 0.412. The standard InChI is InChI=1S/C17H18N2O3/c20-17(21)15-9-13-3-4-14(12-5-7-22-8-6-12)18-16(13)19(15)10-11-1-2-11/h3-5,9,11H,1-2,6-8,10H2,(H,20,21). The Kier molecular flexibility index (Phi) is 3.22. The number of fused-ring (bicyclic) bond motifs is 1. The molecule has 1 N–H and O–H groups in total. The van der Waals surface area contributed by atoms with Gasteiger partial charge in [0.05, 0.1) is 18.9 Å². The molecule has 0 spiro atoms. The normalized spacial score (nSPS) is 18.5. The second-order valence-corrected chi connectivity index (χ2v) is 6.05. The van der Waals surface area contributed by atoms with Gasteiger partial charge in [-0.15, -0.1) is 0 Å². The lowest BCUT2D eigenvalue weighted by Crippen LogP contribution is -2.11. The van der Waals surface area contributed by atoms with Crippen LogP contribution in [0.2, 0.25) is 0 Å². The molecule has 22 heavy (non-hydrogen) atoms. The summed E-state index contributed by atoms with van der Waals surface area (Å²) in [7, 11) is 0. The summed E-state index contributed by atoms with van der Waals surface area (Å²) in [6.07, 6.45) is 5.28. The number of ether oxygens (including phenoxy) is 1. The number of aromatic nitrogens is 2. The highest BCUT2D eigenvalue weighted by molar-refractivity contribution is 5.93. The maximum atomic E-state index is 11.5. The van der Waals surface area contributed by atoms with E-state index in [1.54, 1.807) is 6.07 Å². The molecule has 2 aliphatic rings. The van der Waals surface area contributed by atoms with Crippen LogP contribution < -0.4 is 0 Å². The van der Waals surface area contributed by atoms with Crippen LogP contribution in [0.25, 0.3) is 16.6 Å². The van der Waals surface area contributed by atoms with Crippen molar-refractivity contribution in [2.75, 3.05) is 13.2 Å². The Balaban J connectivity index is 1.82. The molecule has 0 radical (unpaired) electrons. The van der Waals surface area contributed by atoms with Crippen molar-refractivity contribution in [2.45, 2.75) is 25.8 Å². The molecule has 0 atom stereocenters. The molecule has 1 saturated carbocycles. The number of nitrogens with zero attached hydrogens (tertiary/aromatic N) is 2.